The summed E-state index contributed by atoms with van der Waals surface area (Å²) in [6.45, 7) is 7.25. The third kappa shape index (κ3) is 5.02. The third-order valence-corrected chi connectivity index (χ3v) is 7.57. The number of amides is 1. The minimum atomic E-state index is -0.434. The smallest absolute Gasteiger partial charge is 0.236 e. The van der Waals surface area contributed by atoms with Crippen molar-refractivity contribution < 1.29 is 19.4 Å². The lowest BCUT2D eigenvalue weighted by Crippen LogP contribution is -2.46. The summed E-state index contributed by atoms with van der Waals surface area (Å²) in [5.41, 5.74) is 3.55. The molecule has 1 N–H and O–H groups in total. The number of rotatable bonds is 6. The molecule has 0 aliphatic carbocycles. The highest BCUT2D eigenvalue weighted by atomic mass is 32.2. The molecule has 2 saturated heterocycles. The number of benzene rings is 2. The number of likely N-dealkylation sites (tertiary alicyclic amines) is 1. The van der Waals surface area contributed by atoms with Gasteiger partial charge in [-0.2, -0.15) is 0 Å². The molecule has 6 heteroatoms. The Balaban J connectivity index is 1.50. The first kappa shape index (κ1) is 22.9. The Labute approximate surface area is 194 Å². The van der Waals surface area contributed by atoms with Gasteiger partial charge in [0.05, 0.1) is 11.4 Å². The number of carbonyl (C=O) groups excluding carboxylic acids is 2. The highest BCUT2D eigenvalue weighted by molar-refractivity contribution is 7.99. The molecule has 2 fully saturated rings. The van der Waals surface area contributed by atoms with Gasteiger partial charge in [-0.05, 0) is 47.1 Å². The number of Topliss-reactive ketones (excluding diaryl/α,β-unsaturated/α-hetero) is 1. The van der Waals surface area contributed by atoms with Gasteiger partial charge in [0.25, 0.3) is 0 Å². The number of aromatic hydroxyl groups is 1. The quantitative estimate of drug-likeness (QED) is 0.713. The lowest BCUT2D eigenvalue weighted by molar-refractivity contribution is -0.135. The van der Waals surface area contributed by atoms with Gasteiger partial charge in [0.15, 0.2) is 5.78 Å². The van der Waals surface area contributed by atoms with Gasteiger partial charge in [-0.1, -0.05) is 57.2 Å². The van der Waals surface area contributed by atoms with E-state index in [1.165, 1.54) is 11.1 Å². The molecule has 3 atom stereocenters. The van der Waals surface area contributed by atoms with E-state index in [0.717, 1.165) is 5.56 Å². The SMILES string of the molecule is CC(C)(C)c1ccc(CSC(Cc2ccc(O)cc2)C(=O)N2CCC3OCC(=O)C32)cc1. The van der Waals surface area contributed by atoms with Crippen molar-refractivity contribution in [3.63, 3.8) is 0 Å². The van der Waals surface area contributed by atoms with Gasteiger partial charge in [0.2, 0.25) is 5.91 Å². The zero-order chi connectivity index (χ0) is 22.9. The number of nitrogens with zero attached hydrogens (tertiary/aromatic N) is 1. The van der Waals surface area contributed by atoms with Crippen molar-refractivity contribution in [2.24, 2.45) is 0 Å². The summed E-state index contributed by atoms with van der Waals surface area (Å²) in [4.78, 5) is 27.6. The van der Waals surface area contributed by atoms with Gasteiger partial charge >= 0.3 is 0 Å². The van der Waals surface area contributed by atoms with E-state index < -0.39 is 6.04 Å². The van der Waals surface area contributed by atoms with Crippen LogP contribution in [-0.2, 0) is 31.9 Å². The Morgan fingerprint density at radius 1 is 1.12 bits per heavy atom. The number of ether oxygens (including phenoxy) is 1. The molecule has 2 aliphatic heterocycles. The predicted molar refractivity (Wildman–Crippen MR) is 127 cm³/mol. The van der Waals surface area contributed by atoms with Crippen LogP contribution in [0, 0.1) is 0 Å². The van der Waals surface area contributed by atoms with E-state index >= 15 is 0 Å². The molecule has 170 valence electrons. The number of phenols is 1. The molecular formula is C26H31NO4S. The monoisotopic (exact) mass is 453 g/mol. The van der Waals surface area contributed by atoms with E-state index in [9.17, 15) is 14.7 Å². The summed E-state index contributed by atoms with van der Waals surface area (Å²) in [5.74, 6) is 0.928. The maximum Gasteiger partial charge on any atom is 0.236 e. The van der Waals surface area contributed by atoms with Crippen LogP contribution >= 0.6 is 11.8 Å². The fraction of sp³-hybridized carbons (Fsp3) is 0.462. The predicted octanol–water partition coefficient (Wildman–Crippen LogP) is 4.10. The topological polar surface area (TPSA) is 66.8 Å². The number of thioether (sulfide) groups is 1. The molecule has 1 amide bonds. The first-order chi connectivity index (χ1) is 15.2. The second-order valence-corrected chi connectivity index (χ2v) is 10.9. The summed E-state index contributed by atoms with van der Waals surface area (Å²) in [7, 11) is 0. The van der Waals surface area contributed by atoms with E-state index in [0.29, 0.717) is 25.1 Å². The highest BCUT2D eigenvalue weighted by Crippen LogP contribution is 2.32. The largest absolute Gasteiger partial charge is 0.508 e. The Kier molecular flexibility index (Phi) is 6.63. The van der Waals surface area contributed by atoms with Crippen LogP contribution in [0.15, 0.2) is 48.5 Å². The van der Waals surface area contributed by atoms with Crippen LogP contribution in [0.3, 0.4) is 0 Å². The molecule has 2 aromatic rings. The summed E-state index contributed by atoms with van der Waals surface area (Å²) < 4.78 is 5.57. The van der Waals surface area contributed by atoms with Crippen LogP contribution in [0.2, 0.25) is 0 Å². The summed E-state index contributed by atoms with van der Waals surface area (Å²) in [6, 6.07) is 15.1. The normalized spacial score (nSPS) is 21.6. The van der Waals surface area contributed by atoms with E-state index in [2.05, 4.69) is 45.0 Å². The van der Waals surface area contributed by atoms with Crippen molar-refractivity contribution in [1.29, 1.82) is 0 Å². The second-order valence-electron chi connectivity index (χ2n) is 9.70. The molecule has 2 heterocycles. The fourth-order valence-electron chi connectivity index (χ4n) is 4.39. The van der Waals surface area contributed by atoms with E-state index in [4.69, 9.17) is 4.74 Å². The molecule has 0 spiro atoms. The van der Waals surface area contributed by atoms with Gasteiger partial charge in [-0.15, -0.1) is 11.8 Å². The molecule has 3 unspecified atom stereocenters. The number of ketones is 1. The Hall–Kier alpha value is -2.31. The highest BCUT2D eigenvalue weighted by Gasteiger charge is 2.47. The lowest BCUT2D eigenvalue weighted by Gasteiger charge is -2.27. The molecule has 2 aliphatic rings. The molecule has 5 nitrogen and oxygen atoms in total. The number of fused-ring (bicyclic) bond motifs is 1. The fourth-order valence-corrected chi connectivity index (χ4v) is 5.56. The Morgan fingerprint density at radius 3 is 2.44 bits per heavy atom. The second kappa shape index (κ2) is 9.28. The van der Waals surface area contributed by atoms with E-state index in [-0.39, 0.29) is 40.8 Å². The molecular weight excluding hydrogens is 422 g/mol. The maximum atomic E-state index is 13.6. The zero-order valence-electron chi connectivity index (χ0n) is 18.9. The van der Waals surface area contributed by atoms with E-state index in [1.807, 2.05) is 12.1 Å². The van der Waals surface area contributed by atoms with Crippen LogP contribution in [0.25, 0.3) is 0 Å². The number of phenolic OH excluding ortho intramolecular Hbond substituents is 1. The average Bonchev–Trinajstić information content (AvgIpc) is 3.35. The van der Waals surface area contributed by atoms with Gasteiger partial charge in [0.1, 0.15) is 18.4 Å². The molecule has 0 radical (unpaired) electrons. The van der Waals surface area contributed by atoms with Crippen molar-refractivity contribution >= 4 is 23.5 Å². The third-order valence-electron chi connectivity index (χ3n) is 6.30. The lowest BCUT2D eigenvalue weighted by atomic mass is 9.87. The van der Waals surface area contributed by atoms with Crippen molar-refractivity contribution in [2.45, 2.75) is 62.2 Å². The van der Waals surface area contributed by atoms with Crippen LogP contribution < -0.4 is 0 Å². The zero-order valence-corrected chi connectivity index (χ0v) is 19.7. The van der Waals surface area contributed by atoms with Gasteiger partial charge in [-0.3, -0.25) is 9.59 Å². The van der Waals surface area contributed by atoms with Gasteiger partial charge < -0.3 is 14.7 Å². The summed E-state index contributed by atoms with van der Waals surface area (Å²) in [5, 5.41) is 9.29. The van der Waals surface area contributed by atoms with Crippen LogP contribution in [-0.4, -0.2) is 52.2 Å². The average molecular weight is 454 g/mol. The van der Waals surface area contributed by atoms with Crippen LogP contribution in [0.1, 0.15) is 43.9 Å². The standard InChI is InChI=1S/C26H31NO4S/c1-26(2,3)19-8-4-18(5-9-19)16-32-23(14-17-6-10-20(28)11-7-17)25(30)27-13-12-22-24(27)21(29)15-31-22/h4-11,22-24,28H,12-16H2,1-3H3. The molecule has 32 heavy (non-hydrogen) atoms. The van der Waals surface area contributed by atoms with Crippen LogP contribution in [0.5, 0.6) is 5.75 Å². The first-order valence-electron chi connectivity index (χ1n) is 11.2. The Bertz CT molecular complexity index is 965. The minimum absolute atomic E-state index is 0.000682. The van der Waals surface area contributed by atoms with E-state index in [1.54, 1.807) is 28.8 Å². The molecule has 4 rings (SSSR count). The summed E-state index contributed by atoms with van der Waals surface area (Å²) >= 11 is 1.61. The number of hydrogen-bond acceptors (Lipinski definition) is 5. The van der Waals surface area contributed by atoms with Crippen molar-refractivity contribution in [3.8, 4) is 5.75 Å². The van der Waals surface area contributed by atoms with Crippen molar-refractivity contribution in [1.82, 2.24) is 4.90 Å². The molecule has 2 aromatic carbocycles. The molecule has 0 bridgehead atoms. The number of carbonyl (C=O) groups is 2. The molecule has 0 aromatic heterocycles. The maximum absolute atomic E-state index is 13.6. The number of hydrogen-bond donors (Lipinski definition) is 1. The van der Waals surface area contributed by atoms with Crippen LogP contribution in [0.4, 0.5) is 0 Å². The van der Waals surface area contributed by atoms with Gasteiger partial charge in [0, 0.05) is 12.3 Å². The minimum Gasteiger partial charge on any atom is -0.508 e. The Morgan fingerprint density at radius 2 is 1.78 bits per heavy atom. The van der Waals surface area contributed by atoms with Crippen molar-refractivity contribution in [2.75, 3.05) is 13.2 Å². The molecule has 0 saturated carbocycles. The summed E-state index contributed by atoms with van der Waals surface area (Å²) in [6.07, 6.45) is 1.11. The van der Waals surface area contributed by atoms with Gasteiger partial charge in [-0.25, -0.2) is 0 Å². The van der Waals surface area contributed by atoms with Crippen molar-refractivity contribution in [3.05, 3.63) is 65.2 Å². The first-order valence-corrected chi connectivity index (χ1v) is 12.2.